The molecule has 2 aromatic rings. The second-order valence-corrected chi connectivity index (χ2v) is 8.69. The van der Waals surface area contributed by atoms with Crippen molar-refractivity contribution in [2.45, 2.75) is 45.3 Å². The molecule has 0 atom stereocenters. The molecule has 144 valence electrons. The van der Waals surface area contributed by atoms with Crippen molar-refractivity contribution >= 4 is 40.0 Å². The lowest BCUT2D eigenvalue weighted by Crippen LogP contribution is -2.17. The first-order valence-corrected chi connectivity index (χ1v) is 11.3. The second-order valence-electron chi connectivity index (χ2n) is 6.60. The number of carbonyl (C=O) groups is 2. The summed E-state index contributed by atoms with van der Waals surface area (Å²) in [5.74, 6) is 0.766. The van der Waals surface area contributed by atoms with Crippen molar-refractivity contribution in [3.05, 3.63) is 51.4 Å². The monoisotopic (exact) mass is 403 g/mol. The van der Waals surface area contributed by atoms with Gasteiger partial charge in [0.15, 0.2) is 0 Å². The average molecular weight is 404 g/mol. The number of thioether (sulfide) groups is 1. The Kier molecular flexibility index (Phi) is 6.96. The number of carbonyl (C=O) groups excluding carboxylic acids is 2. The maximum atomic E-state index is 12.5. The number of ether oxygens (including phenoxy) is 1. The van der Waals surface area contributed by atoms with Crippen LogP contribution in [0.5, 0.6) is 0 Å². The summed E-state index contributed by atoms with van der Waals surface area (Å²) >= 11 is 3.12. The van der Waals surface area contributed by atoms with E-state index >= 15 is 0 Å². The molecule has 0 spiro atoms. The van der Waals surface area contributed by atoms with Gasteiger partial charge in [-0.05, 0) is 56.2 Å². The molecule has 1 aliphatic rings. The number of hydrogen-bond acceptors (Lipinski definition) is 5. The summed E-state index contributed by atoms with van der Waals surface area (Å²) in [6, 6.07) is 8.21. The van der Waals surface area contributed by atoms with Crippen LogP contribution in [-0.2, 0) is 28.1 Å². The van der Waals surface area contributed by atoms with Crippen molar-refractivity contribution in [1.82, 2.24) is 0 Å². The Bertz CT molecular complexity index is 829. The summed E-state index contributed by atoms with van der Waals surface area (Å²) in [6.07, 6.45) is 4.08. The molecule has 0 saturated carbocycles. The van der Waals surface area contributed by atoms with Gasteiger partial charge in [-0.15, -0.1) is 23.1 Å². The number of nitrogens with one attached hydrogen (secondary N) is 1. The Labute approximate surface area is 168 Å². The van der Waals surface area contributed by atoms with Gasteiger partial charge in [0, 0.05) is 10.6 Å². The molecule has 1 aliphatic carbocycles. The Morgan fingerprint density at radius 2 is 2.00 bits per heavy atom. The van der Waals surface area contributed by atoms with Crippen molar-refractivity contribution in [2.75, 3.05) is 17.7 Å². The topological polar surface area (TPSA) is 55.4 Å². The van der Waals surface area contributed by atoms with Crippen molar-refractivity contribution < 1.29 is 14.3 Å². The predicted molar refractivity (Wildman–Crippen MR) is 113 cm³/mol. The van der Waals surface area contributed by atoms with Gasteiger partial charge in [-0.1, -0.05) is 24.3 Å². The highest BCUT2D eigenvalue weighted by atomic mass is 32.2. The Hall–Kier alpha value is -1.79. The molecular weight excluding hydrogens is 378 g/mol. The number of hydrogen-bond donors (Lipinski definition) is 1. The lowest BCUT2D eigenvalue weighted by molar-refractivity contribution is -0.113. The van der Waals surface area contributed by atoms with Crippen LogP contribution in [0.4, 0.5) is 5.00 Å². The first kappa shape index (κ1) is 20.0. The van der Waals surface area contributed by atoms with E-state index in [4.69, 9.17) is 4.74 Å². The standard InChI is InChI=1S/C21H25NO3S2/c1-3-25-21(24)19-16-10-6-7-11-17(16)27-20(19)22-18(23)13-26-12-15-9-5-4-8-14(15)2/h4-5,8-9H,3,6-7,10-13H2,1-2H3,(H,22,23). The molecule has 0 bridgehead atoms. The quantitative estimate of drug-likeness (QED) is 0.662. The summed E-state index contributed by atoms with van der Waals surface area (Å²) < 4.78 is 5.24. The molecule has 1 N–H and O–H groups in total. The summed E-state index contributed by atoms with van der Waals surface area (Å²) in [5.41, 5.74) is 4.14. The van der Waals surface area contributed by atoms with Crippen LogP contribution in [0.25, 0.3) is 0 Å². The summed E-state index contributed by atoms with van der Waals surface area (Å²) in [7, 11) is 0. The van der Waals surface area contributed by atoms with Gasteiger partial charge in [-0.2, -0.15) is 0 Å². The van der Waals surface area contributed by atoms with Gasteiger partial charge in [0.2, 0.25) is 5.91 Å². The fourth-order valence-electron chi connectivity index (χ4n) is 3.26. The van der Waals surface area contributed by atoms with Gasteiger partial charge in [0.05, 0.1) is 17.9 Å². The highest BCUT2D eigenvalue weighted by Gasteiger charge is 2.27. The van der Waals surface area contributed by atoms with Crippen LogP contribution in [0.2, 0.25) is 0 Å². The first-order chi connectivity index (χ1) is 13.1. The number of benzene rings is 1. The molecule has 27 heavy (non-hydrogen) atoms. The SMILES string of the molecule is CCOC(=O)c1c(NC(=O)CSCc2ccccc2C)sc2c1CCCC2. The lowest BCUT2D eigenvalue weighted by Gasteiger charge is -2.12. The third-order valence-electron chi connectivity index (χ3n) is 4.66. The second kappa shape index (κ2) is 9.42. The van der Waals surface area contributed by atoms with Crippen molar-refractivity contribution in [3.63, 3.8) is 0 Å². The van der Waals surface area contributed by atoms with Crippen LogP contribution in [0, 0.1) is 6.92 Å². The zero-order chi connectivity index (χ0) is 19.2. The smallest absolute Gasteiger partial charge is 0.341 e. The predicted octanol–water partition coefficient (Wildman–Crippen LogP) is 4.98. The van der Waals surface area contributed by atoms with Crippen LogP contribution in [0.3, 0.4) is 0 Å². The molecule has 1 aromatic carbocycles. The molecule has 1 heterocycles. The minimum Gasteiger partial charge on any atom is -0.462 e. The van der Waals surface area contributed by atoms with Crippen molar-refractivity contribution in [3.8, 4) is 0 Å². The number of amides is 1. The average Bonchev–Trinajstić information content (AvgIpc) is 3.01. The lowest BCUT2D eigenvalue weighted by atomic mass is 9.95. The van der Waals surface area contributed by atoms with E-state index in [1.807, 2.05) is 12.1 Å². The number of esters is 1. The first-order valence-electron chi connectivity index (χ1n) is 9.34. The summed E-state index contributed by atoms with van der Waals surface area (Å²) in [4.78, 5) is 26.1. The van der Waals surface area contributed by atoms with Gasteiger partial charge < -0.3 is 10.1 Å². The summed E-state index contributed by atoms with van der Waals surface area (Å²) in [5, 5.41) is 3.62. The highest BCUT2D eigenvalue weighted by Crippen LogP contribution is 2.38. The van der Waals surface area contributed by atoms with Crippen LogP contribution in [-0.4, -0.2) is 24.2 Å². The molecule has 0 radical (unpaired) electrons. The molecule has 1 aromatic heterocycles. The van der Waals surface area contributed by atoms with E-state index in [-0.39, 0.29) is 11.9 Å². The minimum absolute atomic E-state index is 0.0715. The van der Waals surface area contributed by atoms with Gasteiger partial charge >= 0.3 is 5.97 Å². The molecule has 0 fully saturated rings. The molecule has 6 heteroatoms. The van der Waals surface area contributed by atoms with Crippen molar-refractivity contribution in [1.29, 1.82) is 0 Å². The van der Waals surface area contributed by atoms with Crippen LogP contribution < -0.4 is 5.32 Å². The number of thiophene rings is 1. The fraction of sp³-hybridized carbons (Fsp3) is 0.429. The molecule has 3 rings (SSSR count). The normalized spacial score (nSPS) is 13.1. The maximum absolute atomic E-state index is 12.5. The molecular formula is C21H25NO3S2. The van der Waals surface area contributed by atoms with E-state index in [0.29, 0.717) is 22.9 Å². The molecule has 0 saturated heterocycles. The van der Waals surface area contributed by atoms with Crippen LogP contribution in [0.15, 0.2) is 24.3 Å². The van der Waals surface area contributed by atoms with E-state index in [2.05, 4.69) is 24.4 Å². The Morgan fingerprint density at radius 3 is 2.78 bits per heavy atom. The Balaban J connectivity index is 1.65. The van der Waals surface area contributed by atoms with Gasteiger partial charge in [-0.3, -0.25) is 4.79 Å². The van der Waals surface area contributed by atoms with E-state index in [9.17, 15) is 9.59 Å². The van der Waals surface area contributed by atoms with Gasteiger partial charge in [0.1, 0.15) is 5.00 Å². The van der Waals surface area contributed by atoms with E-state index < -0.39 is 0 Å². The zero-order valence-corrected chi connectivity index (χ0v) is 17.4. The largest absolute Gasteiger partial charge is 0.462 e. The van der Waals surface area contributed by atoms with Gasteiger partial charge in [0.25, 0.3) is 0 Å². The van der Waals surface area contributed by atoms with Crippen LogP contribution >= 0.6 is 23.1 Å². The number of fused-ring (bicyclic) bond motifs is 1. The fourth-order valence-corrected chi connectivity index (χ4v) is 5.46. The van der Waals surface area contributed by atoms with Crippen molar-refractivity contribution in [2.24, 2.45) is 0 Å². The molecule has 4 nitrogen and oxygen atoms in total. The molecule has 0 unspecified atom stereocenters. The van der Waals surface area contributed by atoms with E-state index in [1.54, 1.807) is 18.7 Å². The van der Waals surface area contributed by atoms with Crippen LogP contribution in [0.1, 0.15) is 51.7 Å². The molecule has 0 aliphatic heterocycles. The molecule has 1 amide bonds. The third-order valence-corrected chi connectivity index (χ3v) is 6.84. The summed E-state index contributed by atoms with van der Waals surface area (Å²) in [6.45, 7) is 4.22. The highest BCUT2D eigenvalue weighted by molar-refractivity contribution is 7.99. The number of rotatable bonds is 7. The number of anilines is 1. The zero-order valence-electron chi connectivity index (χ0n) is 15.8. The Morgan fingerprint density at radius 1 is 1.22 bits per heavy atom. The maximum Gasteiger partial charge on any atom is 0.341 e. The van der Waals surface area contributed by atoms with Gasteiger partial charge in [-0.25, -0.2) is 4.79 Å². The third kappa shape index (κ3) is 4.93. The minimum atomic E-state index is -0.320. The van der Waals surface area contributed by atoms with E-state index in [0.717, 1.165) is 37.0 Å². The van der Waals surface area contributed by atoms with E-state index in [1.165, 1.54) is 27.3 Å². The number of aryl methyl sites for hydroxylation is 2.